The number of amides is 1. The van der Waals surface area contributed by atoms with E-state index in [-0.39, 0.29) is 24.3 Å². The van der Waals surface area contributed by atoms with Gasteiger partial charge in [0.2, 0.25) is 5.91 Å². The fraction of sp³-hybridized carbons (Fsp3) is 0.333. The molecule has 0 fully saturated rings. The quantitative estimate of drug-likeness (QED) is 0.852. The summed E-state index contributed by atoms with van der Waals surface area (Å²) in [6.45, 7) is 8.26. The maximum Gasteiger partial charge on any atom is 0.243 e. The highest BCUT2D eigenvalue weighted by Crippen LogP contribution is 2.34. The third-order valence-electron chi connectivity index (χ3n) is 4.59. The van der Waals surface area contributed by atoms with Crippen molar-refractivity contribution in [2.24, 2.45) is 0 Å². The van der Waals surface area contributed by atoms with Gasteiger partial charge in [-0.05, 0) is 57.0 Å². The molecule has 2 aromatic carbocycles. The number of ether oxygens (including phenoxy) is 1. The molecule has 1 atom stereocenters. The van der Waals surface area contributed by atoms with Crippen molar-refractivity contribution in [1.29, 1.82) is 0 Å². The van der Waals surface area contributed by atoms with Gasteiger partial charge in [-0.15, -0.1) is 0 Å². The third-order valence-corrected chi connectivity index (χ3v) is 4.59. The number of Topliss-reactive ketones (excluding diaryl/α,β-unsaturated/α-hetero) is 1. The molecular weight excluding hydrogens is 328 g/mol. The second-order valence-electron chi connectivity index (χ2n) is 6.86. The Morgan fingerprint density at radius 1 is 1.19 bits per heavy atom. The zero-order chi connectivity index (χ0) is 18.8. The molecule has 0 spiro atoms. The molecule has 1 N–H and O–H groups in total. The summed E-state index contributed by atoms with van der Waals surface area (Å²) in [5, 5.41) is 3.02. The van der Waals surface area contributed by atoms with Gasteiger partial charge in [0.1, 0.15) is 11.9 Å². The molecule has 1 unspecified atom stereocenters. The molecule has 5 heteroatoms. The molecule has 0 aliphatic carbocycles. The lowest BCUT2D eigenvalue weighted by Crippen LogP contribution is -2.42. The van der Waals surface area contributed by atoms with Crippen molar-refractivity contribution in [3.05, 3.63) is 53.1 Å². The van der Waals surface area contributed by atoms with Crippen LogP contribution in [-0.2, 0) is 4.79 Å². The first kappa shape index (κ1) is 18.0. The zero-order valence-corrected chi connectivity index (χ0v) is 15.6. The minimum Gasteiger partial charge on any atom is -0.487 e. The Morgan fingerprint density at radius 3 is 2.54 bits per heavy atom. The topological polar surface area (TPSA) is 58.6 Å². The second kappa shape index (κ2) is 7.20. The van der Waals surface area contributed by atoms with Gasteiger partial charge in [-0.3, -0.25) is 9.59 Å². The Balaban J connectivity index is 1.82. The van der Waals surface area contributed by atoms with Gasteiger partial charge in [-0.25, -0.2) is 0 Å². The number of ketones is 1. The van der Waals surface area contributed by atoms with E-state index in [1.807, 2.05) is 43.9 Å². The van der Waals surface area contributed by atoms with Crippen molar-refractivity contribution in [2.75, 3.05) is 23.3 Å². The molecule has 0 bridgehead atoms. The van der Waals surface area contributed by atoms with Crippen molar-refractivity contribution >= 4 is 23.1 Å². The minimum absolute atomic E-state index is 0.00800. The lowest BCUT2D eigenvalue weighted by molar-refractivity contribution is -0.115. The fourth-order valence-corrected chi connectivity index (χ4v) is 3.26. The summed E-state index contributed by atoms with van der Waals surface area (Å²) in [4.78, 5) is 26.3. The van der Waals surface area contributed by atoms with Crippen LogP contribution in [0.3, 0.4) is 0 Å². The van der Waals surface area contributed by atoms with Crippen molar-refractivity contribution in [3.63, 3.8) is 0 Å². The van der Waals surface area contributed by atoms with Crippen molar-refractivity contribution < 1.29 is 14.3 Å². The van der Waals surface area contributed by atoms with Gasteiger partial charge in [0.25, 0.3) is 0 Å². The number of nitrogens with zero attached hydrogens (tertiary/aromatic N) is 1. The van der Waals surface area contributed by atoms with E-state index < -0.39 is 0 Å². The largest absolute Gasteiger partial charge is 0.487 e. The van der Waals surface area contributed by atoms with Crippen LogP contribution >= 0.6 is 0 Å². The van der Waals surface area contributed by atoms with E-state index in [4.69, 9.17) is 4.74 Å². The molecule has 0 saturated carbocycles. The van der Waals surface area contributed by atoms with E-state index >= 15 is 0 Å². The molecule has 2 aromatic rings. The number of hydrogen-bond donors (Lipinski definition) is 1. The SMILES string of the molecule is CC(=O)c1ccc2c(c1)N(CC(=O)Nc1c(C)cccc1C)CC(C)O2. The lowest BCUT2D eigenvalue weighted by Gasteiger charge is -2.34. The Morgan fingerprint density at radius 2 is 1.88 bits per heavy atom. The van der Waals surface area contributed by atoms with Crippen LogP contribution in [0.25, 0.3) is 0 Å². The smallest absolute Gasteiger partial charge is 0.243 e. The fourth-order valence-electron chi connectivity index (χ4n) is 3.26. The number of nitrogens with one attached hydrogen (secondary N) is 1. The lowest BCUT2D eigenvalue weighted by atomic mass is 10.1. The number of hydrogen-bond acceptors (Lipinski definition) is 4. The Kier molecular flexibility index (Phi) is 4.98. The number of fused-ring (bicyclic) bond motifs is 1. The first-order valence-electron chi connectivity index (χ1n) is 8.78. The van der Waals surface area contributed by atoms with Gasteiger partial charge >= 0.3 is 0 Å². The maximum absolute atomic E-state index is 12.7. The summed E-state index contributed by atoms with van der Waals surface area (Å²) in [6.07, 6.45) is -0.0290. The Hall–Kier alpha value is -2.82. The van der Waals surface area contributed by atoms with Gasteiger partial charge in [0.05, 0.1) is 18.8 Å². The number of benzene rings is 2. The molecule has 26 heavy (non-hydrogen) atoms. The Labute approximate surface area is 154 Å². The predicted octanol–water partition coefficient (Wildman–Crippen LogP) is 3.73. The first-order valence-corrected chi connectivity index (χ1v) is 8.78. The second-order valence-corrected chi connectivity index (χ2v) is 6.86. The van der Waals surface area contributed by atoms with Gasteiger partial charge < -0.3 is 15.0 Å². The molecule has 3 rings (SSSR count). The summed E-state index contributed by atoms with van der Waals surface area (Å²) in [6, 6.07) is 11.3. The van der Waals surface area contributed by atoms with Crippen LogP contribution in [0, 0.1) is 13.8 Å². The number of para-hydroxylation sites is 1. The van der Waals surface area contributed by atoms with Crippen molar-refractivity contribution in [3.8, 4) is 5.75 Å². The molecular formula is C21H24N2O3. The van der Waals surface area contributed by atoms with Gasteiger partial charge in [-0.1, -0.05) is 18.2 Å². The van der Waals surface area contributed by atoms with Gasteiger partial charge in [0, 0.05) is 11.3 Å². The van der Waals surface area contributed by atoms with E-state index in [2.05, 4.69) is 5.32 Å². The van der Waals surface area contributed by atoms with Crippen molar-refractivity contribution in [1.82, 2.24) is 0 Å². The monoisotopic (exact) mass is 352 g/mol. The summed E-state index contributed by atoms with van der Waals surface area (Å²) in [7, 11) is 0. The summed E-state index contributed by atoms with van der Waals surface area (Å²) in [5.74, 6) is 0.607. The van der Waals surface area contributed by atoms with Crippen LogP contribution in [0.5, 0.6) is 5.75 Å². The van der Waals surface area contributed by atoms with E-state index in [1.165, 1.54) is 6.92 Å². The predicted molar refractivity (Wildman–Crippen MR) is 103 cm³/mol. The normalized spacial score (nSPS) is 15.8. The first-order chi connectivity index (χ1) is 12.3. The van der Waals surface area contributed by atoms with Crippen LogP contribution in [0.2, 0.25) is 0 Å². The van der Waals surface area contributed by atoms with E-state index in [0.717, 1.165) is 22.5 Å². The molecule has 0 aromatic heterocycles. The molecule has 1 aliphatic heterocycles. The molecule has 1 heterocycles. The number of carbonyl (C=O) groups is 2. The average Bonchev–Trinajstić information content (AvgIpc) is 2.57. The van der Waals surface area contributed by atoms with Gasteiger partial charge in [0.15, 0.2) is 5.78 Å². The molecule has 0 saturated heterocycles. The van der Waals surface area contributed by atoms with Crippen molar-refractivity contribution in [2.45, 2.75) is 33.8 Å². The highest BCUT2D eigenvalue weighted by Gasteiger charge is 2.25. The summed E-state index contributed by atoms with van der Waals surface area (Å²) >= 11 is 0. The standard InChI is InChI=1S/C21H24N2O3/c1-13-6-5-7-14(2)21(13)22-20(25)12-23-11-15(3)26-19-9-8-17(16(4)24)10-18(19)23/h5-10,15H,11-12H2,1-4H3,(H,22,25). The highest BCUT2D eigenvalue weighted by atomic mass is 16.5. The number of aryl methyl sites for hydroxylation is 2. The average molecular weight is 352 g/mol. The molecule has 0 radical (unpaired) electrons. The minimum atomic E-state index is -0.0873. The number of anilines is 2. The Bertz CT molecular complexity index is 840. The number of rotatable bonds is 4. The number of carbonyl (C=O) groups excluding carboxylic acids is 2. The van der Waals surface area contributed by atoms with E-state index in [1.54, 1.807) is 18.2 Å². The molecule has 136 valence electrons. The maximum atomic E-state index is 12.7. The van der Waals surface area contributed by atoms with E-state index in [9.17, 15) is 9.59 Å². The van der Waals surface area contributed by atoms with E-state index in [0.29, 0.717) is 17.9 Å². The zero-order valence-electron chi connectivity index (χ0n) is 15.6. The third kappa shape index (κ3) is 3.72. The molecule has 5 nitrogen and oxygen atoms in total. The van der Waals surface area contributed by atoms with Crippen LogP contribution in [0.4, 0.5) is 11.4 Å². The van der Waals surface area contributed by atoms with Crippen LogP contribution in [0.1, 0.15) is 35.3 Å². The molecule has 1 amide bonds. The van der Waals surface area contributed by atoms with Gasteiger partial charge in [-0.2, -0.15) is 0 Å². The molecule has 1 aliphatic rings. The van der Waals surface area contributed by atoms with Crippen LogP contribution in [-0.4, -0.2) is 30.9 Å². The van der Waals surface area contributed by atoms with Crippen LogP contribution in [0.15, 0.2) is 36.4 Å². The summed E-state index contributed by atoms with van der Waals surface area (Å²) < 4.78 is 5.85. The van der Waals surface area contributed by atoms with Crippen LogP contribution < -0.4 is 15.0 Å². The summed E-state index contributed by atoms with van der Waals surface area (Å²) in [5.41, 5.74) is 4.33. The highest BCUT2D eigenvalue weighted by molar-refractivity contribution is 5.97.